The van der Waals surface area contributed by atoms with E-state index in [1.807, 2.05) is 18.2 Å². The van der Waals surface area contributed by atoms with Gasteiger partial charge in [0, 0.05) is 18.0 Å². The number of pyridine rings is 1. The van der Waals surface area contributed by atoms with E-state index in [1.54, 1.807) is 48.7 Å². The minimum absolute atomic E-state index is 0.0782. The highest BCUT2D eigenvalue weighted by Crippen LogP contribution is 2.16. The Balaban J connectivity index is 1.84. The normalized spacial score (nSPS) is 11.5. The Bertz CT molecular complexity index is 1020. The van der Waals surface area contributed by atoms with Crippen LogP contribution >= 0.6 is 0 Å². The van der Waals surface area contributed by atoms with Gasteiger partial charge in [0.1, 0.15) is 6.04 Å². The maximum atomic E-state index is 12.6. The molecule has 0 radical (unpaired) electrons. The lowest BCUT2D eigenvalue weighted by Gasteiger charge is -2.15. The zero-order valence-electron chi connectivity index (χ0n) is 13.7. The topological polar surface area (TPSA) is 103 Å². The first-order valence-corrected chi connectivity index (χ1v) is 7.95. The fourth-order valence-corrected chi connectivity index (χ4v) is 2.73. The SMILES string of the molecule is N#Cc1cccc(C[C@@H](NC(=O)c2cccc3cccnc23)C(=O)O)c1. The van der Waals surface area contributed by atoms with Crippen LogP contribution in [0.3, 0.4) is 0 Å². The van der Waals surface area contributed by atoms with Crippen LogP contribution in [0.2, 0.25) is 0 Å². The Morgan fingerprint density at radius 1 is 1.15 bits per heavy atom. The first kappa shape index (κ1) is 17.1. The summed E-state index contributed by atoms with van der Waals surface area (Å²) >= 11 is 0. The number of carboxylic acid groups (broad SMARTS) is 1. The fourth-order valence-electron chi connectivity index (χ4n) is 2.73. The zero-order valence-corrected chi connectivity index (χ0v) is 13.7. The van der Waals surface area contributed by atoms with Crippen molar-refractivity contribution in [1.29, 1.82) is 5.26 Å². The van der Waals surface area contributed by atoms with E-state index >= 15 is 0 Å². The molecule has 1 aromatic heterocycles. The Morgan fingerprint density at radius 2 is 1.92 bits per heavy atom. The summed E-state index contributed by atoms with van der Waals surface area (Å²) in [6.45, 7) is 0. The molecule has 0 saturated heterocycles. The van der Waals surface area contributed by atoms with E-state index in [4.69, 9.17) is 5.26 Å². The van der Waals surface area contributed by atoms with E-state index in [9.17, 15) is 14.7 Å². The van der Waals surface area contributed by atoms with Crippen LogP contribution < -0.4 is 5.32 Å². The van der Waals surface area contributed by atoms with Crippen LogP contribution in [0.4, 0.5) is 0 Å². The molecule has 0 fully saturated rings. The van der Waals surface area contributed by atoms with Crippen LogP contribution in [-0.4, -0.2) is 28.0 Å². The number of nitriles is 1. The van der Waals surface area contributed by atoms with Crippen LogP contribution in [0.25, 0.3) is 10.9 Å². The second kappa shape index (κ2) is 7.45. The van der Waals surface area contributed by atoms with Gasteiger partial charge in [0.2, 0.25) is 0 Å². The number of aliphatic carboxylic acids is 1. The molecule has 0 aliphatic heterocycles. The number of rotatable bonds is 5. The molecule has 1 atom stereocenters. The molecule has 0 aliphatic carbocycles. The van der Waals surface area contributed by atoms with Crippen molar-refractivity contribution >= 4 is 22.8 Å². The minimum Gasteiger partial charge on any atom is -0.480 e. The second-order valence-electron chi connectivity index (χ2n) is 5.76. The van der Waals surface area contributed by atoms with E-state index in [0.29, 0.717) is 22.2 Å². The smallest absolute Gasteiger partial charge is 0.326 e. The molecule has 2 aromatic carbocycles. The Labute approximate surface area is 149 Å². The van der Waals surface area contributed by atoms with Gasteiger partial charge in [0.25, 0.3) is 5.91 Å². The molecule has 3 aromatic rings. The van der Waals surface area contributed by atoms with Crippen molar-refractivity contribution in [1.82, 2.24) is 10.3 Å². The van der Waals surface area contributed by atoms with Crippen LogP contribution in [0.1, 0.15) is 21.5 Å². The van der Waals surface area contributed by atoms with E-state index in [1.165, 1.54) is 0 Å². The van der Waals surface area contributed by atoms with Crippen molar-refractivity contribution in [3.05, 3.63) is 77.5 Å². The van der Waals surface area contributed by atoms with Gasteiger partial charge in [-0.25, -0.2) is 4.79 Å². The number of benzene rings is 2. The third-order valence-corrected chi connectivity index (χ3v) is 3.98. The van der Waals surface area contributed by atoms with Gasteiger partial charge in [-0.2, -0.15) is 5.26 Å². The Morgan fingerprint density at radius 3 is 2.69 bits per heavy atom. The standard InChI is InChI=1S/C20H15N3O3/c21-12-14-5-1-4-13(10-14)11-17(20(25)26)23-19(24)16-8-2-6-15-7-3-9-22-18(15)16/h1-10,17H,11H2,(H,23,24)(H,25,26)/t17-/m1/s1. The largest absolute Gasteiger partial charge is 0.480 e. The van der Waals surface area contributed by atoms with E-state index in [0.717, 1.165) is 5.39 Å². The predicted octanol–water partition coefficient (Wildman–Crippen LogP) is 2.53. The molecule has 1 heterocycles. The number of fused-ring (bicyclic) bond motifs is 1. The molecule has 128 valence electrons. The van der Waals surface area contributed by atoms with Gasteiger partial charge in [0.05, 0.1) is 22.7 Å². The van der Waals surface area contributed by atoms with Crippen molar-refractivity contribution in [2.45, 2.75) is 12.5 Å². The van der Waals surface area contributed by atoms with Crippen LogP contribution in [-0.2, 0) is 11.2 Å². The molecular weight excluding hydrogens is 330 g/mol. The highest BCUT2D eigenvalue weighted by atomic mass is 16.4. The van der Waals surface area contributed by atoms with E-state index in [2.05, 4.69) is 10.3 Å². The van der Waals surface area contributed by atoms with Gasteiger partial charge >= 0.3 is 5.97 Å². The summed E-state index contributed by atoms with van der Waals surface area (Å²) in [6.07, 6.45) is 1.66. The minimum atomic E-state index is -1.14. The van der Waals surface area contributed by atoms with Gasteiger partial charge in [-0.15, -0.1) is 0 Å². The van der Waals surface area contributed by atoms with Crippen molar-refractivity contribution in [2.75, 3.05) is 0 Å². The number of hydrogen-bond acceptors (Lipinski definition) is 4. The molecule has 6 nitrogen and oxygen atoms in total. The lowest BCUT2D eigenvalue weighted by atomic mass is 10.0. The fraction of sp³-hybridized carbons (Fsp3) is 0.100. The lowest BCUT2D eigenvalue weighted by Crippen LogP contribution is -2.42. The average molecular weight is 345 g/mol. The number of carbonyl (C=O) groups excluding carboxylic acids is 1. The summed E-state index contributed by atoms with van der Waals surface area (Å²) in [6, 6.07) is 16.3. The number of amides is 1. The molecule has 0 spiro atoms. The highest BCUT2D eigenvalue weighted by Gasteiger charge is 2.22. The number of carbonyl (C=O) groups is 2. The molecule has 1 amide bonds. The molecular formula is C20H15N3O3. The number of para-hydroxylation sites is 1. The van der Waals surface area contributed by atoms with E-state index < -0.39 is 17.9 Å². The first-order chi connectivity index (χ1) is 12.6. The molecule has 0 unspecified atom stereocenters. The van der Waals surface area contributed by atoms with Crippen molar-refractivity contribution < 1.29 is 14.7 Å². The van der Waals surface area contributed by atoms with Gasteiger partial charge in [-0.1, -0.05) is 30.3 Å². The van der Waals surface area contributed by atoms with Gasteiger partial charge in [-0.05, 0) is 29.8 Å². The monoisotopic (exact) mass is 345 g/mol. The van der Waals surface area contributed by atoms with E-state index in [-0.39, 0.29) is 6.42 Å². The third kappa shape index (κ3) is 3.68. The lowest BCUT2D eigenvalue weighted by molar-refractivity contribution is -0.139. The van der Waals surface area contributed by atoms with Crippen LogP contribution in [0.5, 0.6) is 0 Å². The van der Waals surface area contributed by atoms with Crippen molar-refractivity contribution in [3.63, 3.8) is 0 Å². The summed E-state index contributed by atoms with van der Waals surface area (Å²) in [5.41, 5.74) is 1.94. The van der Waals surface area contributed by atoms with Gasteiger partial charge in [-0.3, -0.25) is 9.78 Å². The van der Waals surface area contributed by atoms with Crippen molar-refractivity contribution in [3.8, 4) is 6.07 Å². The second-order valence-corrected chi connectivity index (χ2v) is 5.76. The Kier molecular flexibility index (Phi) is 4.90. The summed E-state index contributed by atoms with van der Waals surface area (Å²) < 4.78 is 0. The molecule has 0 aliphatic rings. The predicted molar refractivity (Wildman–Crippen MR) is 95.5 cm³/mol. The summed E-state index contributed by atoms with van der Waals surface area (Å²) in [5, 5.41) is 21.8. The maximum absolute atomic E-state index is 12.6. The number of nitrogens with one attached hydrogen (secondary N) is 1. The first-order valence-electron chi connectivity index (χ1n) is 7.95. The van der Waals surface area contributed by atoms with Crippen LogP contribution in [0, 0.1) is 11.3 Å². The summed E-state index contributed by atoms with van der Waals surface area (Å²) in [7, 11) is 0. The maximum Gasteiger partial charge on any atom is 0.326 e. The molecule has 0 saturated carbocycles. The van der Waals surface area contributed by atoms with Crippen molar-refractivity contribution in [2.24, 2.45) is 0 Å². The van der Waals surface area contributed by atoms with Crippen LogP contribution in [0.15, 0.2) is 60.8 Å². The van der Waals surface area contributed by atoms with Gasteiger partial charge < -0.3 is 10.4 Å². The number of aromatic nitrogens is 1. The summed E-state index contributed by atoms with van der Waals surface area (Å²) in [4.78, 5) is 28.4. The molecule has 26 heavy (non-hydrogen) atoms. The quantitative estimate of drug-likeness (QED) is 0.739. The molecule has 6 heteroatoms. The number of hydrogen-bond donors (Lipinski definition) is 2. The molecule has 3 rings (SSSR count). The zero-order chi connectivity index (χ0) is 18.5. The number of nitrogens with zero attached hydrogens (tertiary/aromatic N) is 2. The third-order valence-electron chi connectivity index (χ3n) is 3.98. The molecule has 0 bridgehead atoms. The average Bonchev–Trinajstić information content (AvgIpc) is 2.67. The summed E-state index contributed by atoms with van der Waals surface area (Å²) in [5.74, 6) is -1.65. The highest BCUT2D eigenvalue weighted by molar-refractivity contribution is 6.06. The number of carboxylic acids is 1. The molecule has 2 N–H and O–H groups in total. The van der Waals surface area contributed by atoms with Gasteiger partial charge in [0.15, 0.2) is 0 Å². The Hall–Kier alpha value is -3.72.